The van der Waals surface area contributed by atoms with Crippen LogP contribution in [0.5, 0.6) is 0 Å². The van der Waals surface area contributed by atoms with Crippen LogP contribution in [0.4, 0.5) is 0 Å². The number of benzene rings is 1. The van der Waals surface area contributed by atoms with E-state index in [4.69, 9.17) is 0 Å². The minimum Gasteiger partial charge on any atom is -0.313 e. The van der Waals surface area contributed by atoms with Gasteiger partial charge in [-0.1, -0.05) is 30.3 Å². The molecule has 2 nitrogen and oxygen atoms in total. The van der Waals surface area contributed by atoms with E-state index in [-0.39, 0.29) is 0 Å². The van der Waals surface area contributed by atoms with Gasteiger partial charge in [0.25, 0.3) is 0 Å². The molecule has 0 amide bonds. The molecular weight excluding hydrogens is 264 g/mol. The molecule has 1 aliphatic rings. The van der Waals surface area contributed by atoms with Crippen molar-refractivity contribution in [3.8, 4) is 0 Å². The van der Waals surface area contributed by atoms with E-state index in [2.05, 4.69) is 60.7 Å². The molecule has 0 saturated carbocycles. The first-order valence-corrected chi connectivity index (χ1v) is 8.86. The number of rotatable bonds is 6. The predicted octanol–water partition coefficient (Wildman–Crippen LogP) is 3.38. The fourth-order valence-electron chi connectivity index (χ4n) is 2.60. The van der Waals surface area contributed by atoms with Crippen LogP contribution in [0.3, 0.4) is 0 Å². The van der Waals surface area contributed by atoms with Crippen molar-refractivity contribution in [3.63, 3.8) is 0 Å². The van der Waals surface area contributed by atoms with Crippen LogP contribution in [0.15, 0.2) is 30.3 Å². The minimum atomic E-state index is 0.348. The third-order valence-electron chi connectivity index (χ3n) is 4.21. The van der Waals surface area contributed by atoms with Crippen molar-refractivity contribution in [1.29, 1.82) is 0 Å². The smallest absolute Gasteiger partial charge is 0.0233 e. The number of piperidine rings is 1. The van der Waals surface area contributed by atoms with Gasteiger partial charge in [-0.25, -0.2) is 0 Å². The summed E-state index contributed by atoms with van der Waals surface area (Å²) in [5.74, 6) is 0. The van der Waals surface area contributed by atoms with Crippen LogP contribution in [0.2, 0.25) is 0 Å². The highest BCUT2D eigenvalue weighted by Gasteiger charge is 2.22. The van der Waals surface area contributed by atoms with E-state index in [1.165, 1.54) is 31.5 Å². The molecule has 1 saturated heterocycles. The number of nitrogens with one attached hydrogen (secondary N) is 1. The number of hydrogen-bond acceptors (Lipinski definition) is 3. The Morgan fingerprint density at radius 3 is 2.45 bits per heavy atom. The average molecular weight is 292 g/mol. The van der Waals surface area contributed by atoms with E-state index in [9.17, 15) is 0 Å². The Hall–Kier alpha value is -0.510. The van der Waals surface area contributed by atoms with Gasteiger partial charge in [0.05, 0.1) is 0 Å². The van der Waals surface area contributed by atoms with Gasteiger partial charge in [-0.3, -0.25) is 4.90 Å². The highest BCUT2D eigenvalue weighted by Crippen LogP contribution is 2.21. The third-order valence-corrected chi connectivity index (χ3v) is 5.46. The van der Waals surface area contributed by atoms with Crippen molar-refractivity contribution in [2.45, 2.75) is 44.0 Å². The van der Waals surface area contributed by atoms with Gasteiger partial charge in [-0.05, 0) is 51.6 Å². The van der Waals surface area contributed by atoms with Gasteiger partial charge >= 0.3 is 0 Å². The Labute approximate surface area is 128 Å². The zero-order valence-corrected chi connectivity index (χ0v) is 13.9. The number of nitrogens with zero attached hydrogens (tertiary/aromatic N) is 1. The summed E-state index contributed by atoms with van der Waals surface area (Å²) < 4.78 is 0.348. The van der Waals surface area contributed by atoms with Crippen LogP contribution in [0.25, 0.3) is 0 Å². The van der Waals surface area contributed by atoms with E-state index < -0.39 is 0 Å². The van der Waals surface area contributed by atoms with Crippen molar-refractivity contribution in [1.82, 2.24) is 10.2 Å². The van der Waals surface area contributed by atoms with Crippen LogP contribution in [-0.4, -0.2) is 41.6 Å². The maximum atomic E-state index is 3.75. The molecule has 20 heavy (non-hydrogen) atoms. The van der Waals surface area contributed by atoms with E-state index >= 15 is 0 Å². The first-order valence-electron chi connectivity index (χ1n) is 7.64. The molecule has 112 valence electrons. The quantitative estimate of drug-likeness (QED) is 0.865. The molecule has 1 aliphatic heterocycles. The molecule has 0 unspecified atom stereocenters. The Morgan fingerprint density at radius 2 is 1.85 bits per heavy atom. The second kappa shape index (κ2) is 7.48. The lowest BCUT2D eigenvalue weighted by molar-refractivity contribution is 0.189. The van der Waals surface area contributed by atoms with Crippen molar-refractivity contribution in [2.24, 2.45) is 0 Å². The molecule has 0 radical (unpaired) electrons. The number of hydrogen-bond donors (Lipinski definition) is 1. The zero-order chi connectivity index (χ0) is 14.4. The Balaban J connectivity index is 1.70. The summed E-state index contributed by atoms with van der Waals surface area (Å²) in [7, 11) is 0. The number of likely N-dealkylation sites (tertiary alicyclic amines) is 1. The van der Waals surface area contributed by atoms with Gasteiger partial charge in [0.2, 0.25) is 0 Å². The van der Waals surface area contributed by atoms with Crippen molar-refractivity contribution < 1.29 is 0 Å². The zero-order valence-electron chi connectivity index (χ0n) is 13.1. The highest BCUT2D eigenvalue weighted by molar-refractivity contribution is 7.99. The summed E-state index contributed by atoms with van der Waals surface area (Å²) in [4.78, 5) is 2.58. The van der Waals surface area contributed by atoms with E-state index in [0.717, 1.165) is 13.1 Å². The molecule has 1 N–H and O–H groups in total. The molecule has 1 aromatic carbocycles. The molecule has 0 aliphatic carbocycles. The first-order chi connectivity index (χ1) is 9.59. The van der Waals surface area contributed by atoms with Crippen LogP contribution in [0.1, 0.15) is 32.3 Å². The van der Waals surface area contributed by atoms with Crippen molar-refractivity contribution in [2.75, 3.05) is 25.9 Å². The standard InChI is InChI=1S/C17H28N2S/c1-17(2,20-3)14-18-16-9-11-19(12-10-16)13-15-7-5-4-6-8-15/h4-8,16,18H,9-14H2,1-3H3. The summed E-state index contributed by atoms with van der Waals surface area (Å²) in [6, 6.07) is 11.5. The fraction of sp³-hybridized carbons (Fsp3) is 0.647. The summed E-state index contributed by atoms with van der Waals surface area (Å²) in [5.41, 5.74) is 1.43. The topological polar surface area (TPSA) is 15.3 Å². The molecule has 1 heterocycles. The van der Waals surface area contributed by atoms with Crippen molar-refractivity contribution >= 4 is 11.8 Å². The van der Waals surface area contributed by atoms with Gasteiger partial charge < -0.3 is 5.32 Å². The lowest BCUT2D eigenvalue weighted by Gasteiger charge is -2.34. The fourth-order valence-corrected chi connectivity index (χ4v) is 2.83. The molecular formula is C17H28N2S. The molecule has 0 aromatic heterocycles. The number of thioether (sulfide) groups is 1. The van der Waals surface area contributed by atoms with Gasteiger partial charge in [0.15, 0.2) is 0 Å². The van der Waals surface area contributed by atoms with Crippen LogP contribution < -0.4 is 5.32 Å². The molecule has 0 bridgehead atoms. The summed E-state index contributed by atoms with van der Waals surface area (Å²) in [6.45, 7) is 9.27. The van der Waals surface area contributed by atoms with E-state index in [1.807, 2.05) is 11.8 Å². The molecule has 0 atom stereocenters. The largest absolute Gasteiger partial charge is 0.313 e. The van der Waals surface area contributed by atoms with Gasteiger partial charge in [0, 0.05) is 23.9 Å². The molecule has 3 heteroatoms. The van der Waals surface area contributed by atoms with Gasteiger partial charge in [-0.2, -0.15) is 11.8 Å². The SMILES string of the molecule is CSC(C)(C)CNC1CCN(Cc2ccccc2)CC1. The lowest BCUT2D eigenvalue weighted by atomic mass is 10.0. The summed E-state index contributed by atoms with van der Waals surface area (Å²) in [6.07, 6.45) is 4.75. The second-order valence-electron chi connectivity index (χ2n) is 6.38. The monoisotopic (exact) mass is 292 g/mol. The van der Waals surface area contributed by atoms with Crippen molar-refractivity contribution in [3.05, 3.63) is 35.9 Å². The van der Waals surface area contributed by atoms with Crippen LogP contribution in [0, 0.1) is 0 Å². The van der Waals surface area contributed by atoms with Gasteiger partial charge in [0.1, 0.15) is 0 Å². The molecule has 0 spiro atoms. The molecule has 2 rings (SSSR count). The average Bonchev–Trinajstić information content (AvgIpc) is 2.48. The Kier molecular flexibility index (Phi) is 5.94. The maximum Gasteiger partial charge on any atom is 0.0233 e. The van der Waals surface area contributed by atoms with Crippen LogP contribution >= 0.6 is 11.8 Å². The molecule has 1 fully saturated rings. The Morgan fingerprint density at radius 1 is 1.20 bits per heavy atom. The minimum absolute atomic E-state index is 0.348. The third kappa shape index (κ3) is 5.12. The lowest BCUT2D eigenvalue weighted by Crippen LogP contribution is -2.45. The van der Waals surface area contributed by atoms with E-state index in [0.29, 0.717) is 10.8 Å². The summed E-state index contributed by atoms with van der Waals surface area (Å²) >= 11 is 1.95. The van der Waals surface area contributed by atoms with E-state index in [1.54, 1.807) is 0 Å². The first kappa shape index (κ1) is 15.9. The normalized spacial score (nSPS) is 18.4. The maximum absolute atomic E-state index is 3.75. The highest BCUT2D eigenvalue weighted by atomic mass is 32.2. The molecule has 1 aromatic rings. The van der Waals surface area contributed by atoms with Crippen LogP contribution in [-0.2, 0) is 6.54 Å². The summed E-state index contributed by atoms with van der Waals surface area (Å²) in [5, 5.41) is 3.75. The second-order valence-corrected chi connectivity index (χ2v) is 7.89. The van der Waals surface area contributed by atoms with Gasteiger partial charge in [-0.15, -0.1) is 0 Å². The predicted molar refractivity (Wildman–Crippen MR) is 90.3 cm³/mol. The Bertz CT molecular complexity index is 383.